The fourth-order valence-corrected chi connectivity index (χ4v) is 3.82. The molecule has 1 aliphatic rings. The lowest BCUT2D eigenvalue weighted by atomic mass is 10.1. The lowest BCUT2D eigenvalue weighted by molar-refractivity contribution is -0.129. The zero-order valence-corrected chi connectivity index (χ0v) is 19.8. The molecule has 1 aliphatic heterocycles. The molecule has 0 atom stereocenters. The van der Waals surface area contributed by atoms with Crippen molar-refractivity contribution in [3.05, 3.63) is 93.6 Å². The number of cyclic esters (lactones) is 1. The van der Waals surface area contributed by atoms with Crippen LogP contribution in [0.3, 0.4) is 0 Å². The van der Waals surface area contributed by atoms with E-state index in [1.54, 1.807) is 19.3 Å². The van der Waals surface area contributed by atoms with E-state index in [0.29, 0.717) is 34.7 Å². The van der Waals surface area contributed by atoms with Crippen LogP contribution in [0.1, 0.15) is 16.7 Å². The van der Waals surface area contributed by atoms with Crippen molar-refractivity contribution in [1.29, 1.82) is 0 Å². The summed E-state index contributed by atoms with van der Waals surface area (Å²) in [5.74, 6) is 1.65. The number of carbonyl (C=O) groups is 1. The van der Waals surface area contributed by atoms with Crippen LogP contribution in [-0.4, -0.2) is 32.2 Å². The summed E-state index contributed by atoms with van der Waals surface area (Å²) in [5, 5.41) is 0. The molecular weight excluding hydrogens is 486 g/mol. The summed E-state index contributed by atoms with van der Waals surface area (Å²) in [4.78, 5) is 16.6. The standard InChI is InChI=1S/C26H22BrNO5/c1-17-7-6-10-20(13-17)31-11-12-32-24-21(27)14-18(16-23(24)30-2)15-22-26(29)33-25(28-22)19-8-4-3-5-9-19/h3-10,13-16H,11-12H2,1-2H3. The summed E-state index contributed by atoms with van der Waals surface area (Å²) in [7, 11) is 1.56. The van der Waals surface area contributed by atoms with Gasteiger partial charge in [-0.25, -0.2) is 9.79 Å². The van der Waals surface area contributed by atoms with Crippen LogP contribution in [0.2, 0.25) is 0 Å². The average Bonchev–Trinajstić information content (AvgIpc) is 3.18. The Bertz CT molecular complexity index is 1220. The van der Waals surface area contributed by atoms with Gasteiger partial charge in [-0.2, -0.15) is 0 Å². The van der Waals surface area contributed by atoms with Crippen LogP contribution in [0.4, 0.5) is 0 Å². The molecule has 3 aromatic carbocycles. The Morgan fingerprint density at radius 3 is 2.55 bits per heavy atom. The third-order valence-electron chi connectivity index (χ3n) is 4.78. The van der Waals surface area contributed by atoms with Gasteiger partial charge in [-0.05, 0) is 76.5 Å². The van der Waals surface area contributed by atoms with Crippen LogP contribution < -0.4 is 14.2 Å². The van der Waals surface area contributed by atoms with Gasteiger partial charge in [0.15, 0.2) is 17.2 Å². The number of hydrogen-bond donors (Lipinski definition) is 0. The molecule has 0 spiro atoms. The molecule has 0 aliphatic carbocycles. The first-order valence-corrected chi connectivity index (χ1v) is 11.1. The van der Waals surface area contributed by atoms with E-state index >= 15 is 0 Å². The number of carbonyl (C=O) groups excluding carboxylic acids is 1. The highest BCUT2D eigenvalue weighted by Crippen LogP contribution is 2.37. The van der Waals surface area contributed by atoms with Crippen molar-refractivity contribution in [3.8, 4) is 17.2 Å². The second-order valence-electron chi connectivity index (χ2n) is 7.25. The number of nitrogens with zero attached hydrogens (tertiary/aromatic N) is 1. The van der Waals surface area contributed by atoms with Gasteiger partial charge in [-0.15, -0.1) is 0 Å². The number of esters is 1. The first-order valence-electron chi connectivity index (χ1n) is 10.3. The first kappa shape index (κ1) is 22.6. The smallest absolute Gasteiger partial charge is 0.363 e. The number of ether oxygens (including phenoxy) is 4. The van der Waals surface area contributed by atoms with Gasteiger partial charge in [0.2, 0.25) is 5.90 Å². The molecule has 0 unspecified atom stereocenters. The van der Waals surface area contributed by atoms with E-state index in [1.165, 1.54) is 0 Å². The summed E-state index contributed by atoms with van der Waals surface area (Å²) in [6, 6.07) is 20.7. The summed E-state index contributed by atoms with van der Waals surface area (Å²) in [6.45, 7) is 2.73. The van der Waals surface area contributed by atoms with Gasteiger partial charge in [0.1, 0.15) is 19.0 Å². The van der Waals surface area contributed by atoms with Gasteiger partial charge < -0.3 is 18.9 Å². The molecule has 0 amide bonds. The minimum absolute atomic E-state index is 0.211. The maximum absolute atomic E-state index is 12.3. The van der Waals surface area contributed by atoms with Gasteiger partial charge in [-0.1, -0.05) is 30.3 Å². The highest BCUT2D eigenvalue weighted by Gasteiger charge is 2.24. The molecule has 4 rings (SSSR count). The number of benzene rings is 3. The van der Waals surface area contributed by atoms with Crippen LogP contribution in [0.5, 0.6) is 17.2 Å². The zero-order chi connectivity index (χ0) is 23.2. The van der Waals surface area contributed by atoms with Gasteiger partial charge in [0, 0.05) is 5.56 Å². The van der Waals surface area contributed by atoms with Crippen molar-refractivity contribution in [2.45, 2.75) is 6.92 Å². The van der Waals surface area contributed by atoms with Crippen LogP contribution in [0, 0.1) is 6.92 Å². The van der Waals surface area contributed by atoms with E-state index in [4.69, 9.17) is 18.9 Å². The molecule has 6 nitrogen and oxygen atoms in total. The van der Waals surface area contributed by atoms with Crippen molar-refractivity contribution in [2.24, 2.45) is 4.99 Å². The Labute approximate surface area is 200 Å². The summed E-state index contributed by atoms with van der Waals surface area (Å²) in [6.07, 6.45) is 1.65. The van der Waals surface area contributed by atoms with Gasteiger partial charge >= 0.3 is 5.97 Å². The van der Waals surface area contributed by atoms with Crippen molar-refractivity contribution in [3.63, 3.8) is 0 Å². The molecule has 0 aromatic heterocycles. The van der Waals surface area contributed by atoms with Crippen molar-refractivity contribution in [1.82, 2.24) is 0 Å². The van der Waals surface area contributed by atoms with E-state index in [0.717, 1.165) is 16.9 Å². The lowest BCUT2D eigenvalue weighted by Crippen LogP contribution is -2.10. The second-order valence-corrected chi connectivity index (χ2v) is 8.10. The largest absolute Gasteiger partial charge is 0.493 e. The van der Waals surface area contributed by atoms with Crippen molar-refractivity contribution in [2.75, 3.05) is 20.3 Å². The Morgan fingerprint density at radius 2 is 1.79 bits per heavy atom. The molecule has 7 heteroatoms. The van der Waals surface area contributed by atoms with Crippen LogP contribution in [0.15, 0.2) is 81.9 Å². The van der Waals surface area contributed by atoms with Gasteiger partial charge in [0.05, 0.1) is 11.6 Å². The number of methoxy groups -OCH3 is 1. The Hall–Kier alpha value is -3.58. The predicted octanol–water partition coefficient (Wildman–Crippen LogP) is 5.57. The molecule has 33 heavy (non-hydrogen) atoms. The molecule has 0 saturated heterocycles. The first-order chi connectivity index (χ1) is 16.0. The fraction of sp³-hybridized carbons (Fsp3) is 0.154. The van der Waals surface area contributed by atoms with E-state index in [1.807, 2.05) is 67.6 Å². The Kier molecular flexibility index (Phi) is 7.10. The molecule has 0 fully saturated rings. The van der Waals surface area contributed by atoms with E-state index in [2.05, 4.69) is 20.9 Å². The molecule has 3 aromatic rings. The summed E-state index contributed by atoms with van der Waals surface area (Å²) < 4.78 is 23.1. The SMILES string of the molecule is COc1cc(C=C2N=C(c3ccccc3)OC2=O)cc(Br)c1OCCOc1cccc(C)c1. The molecule has 1 heterocycles. The van der Waals surface area contributed by atoms with E-state index in [9.17, 15) is 4.79 Å². The quantitative estimate of drug-likeness (QED) is 0.226. The Morgan fingerprint density at radius 1 is 1.00 bits per heavy atom. The predicted molar refractivity (Wildman–Crippen MR) is 130 cm³/mol. The number of halogens is 1. The van der Waals surface area contributed by atoms with Gasteiger partial charge in [-0.3, -0.25) is 0 Å². The molecule has 0 bridgehead atoms. The average molecular weight is 508 g/mol. The minimum atomic E-state index is -0.502. The Balaban J connectivity index is 1.47. The summed E-state index contributed by atoms with van der Waals surface area (Å²) >= 11 is 3.53. The molecule has 168 valence electrons. The maximum atomic E-state index is 12.3. The molecule has 0 radical (unpaired) electrons. The second kappa shape index (κ2) is 10.4. The van der Waals surface area contributed by atoms with E-state index < -0.39 is 5.97 Å². The van der Waals surface area contributed by atoms with Crippen molar-refractivity contribution < 1.29 is 23.7 Å². The van der Waals surface area contributed by atoms with Crippen LogP contribution >= 0.6 is 15.9 Å². The number of hydrogen-bond acceptors (Lipinski definition) is 6. The normalized spacial score (nSPS) is 14.1. The van der Waals surface area contributed by atoms with Crippen molar-refractivity contribution >= 4 is 33.9 Å². The molecular formula is C26H22BrNO5. The number of aryl methyl sites for hydroxylation is 1. The van der Waals surface area contributed by atoms with E-state index in [-0.39, 0.29) is 11.6 Å². The highest BCUT2D eigenvalue weighted by atomic mass is 79.9. The molecule has 0 N–H and O–H groups in total. The number of aliphatic imine (C=N–C) groups is 1. The maximum Gasteiger partial charge on any atom is 0.363 e. The highest BCUT2D eigenvalue weighted by molar-refractivity contribution is 9.10. The third-order valence-corrected chi connectivity index (χ3v) is 5.37. The topological polar surface area (TPSA) is 66.4 Å². The molecule has 0 saturated carbocycles. The minimum Gasteiger partial charge on any atom is -0.493 e. The zero-order valence-electron chi connectivity index (χ0n) is 18.2. The van der Waals surface area contributed by atoms with Gasteiger partial charge in [0.25, 0.3) is 0 Å². The summed E-state index contributed by atoms with van der Waals surface area (Å²) in [5.41, 5.74) is 2.80. The fourth-order valence-electron chi connectivity index (χ4n) is 3.24. The number of rotatable bonds is 8. The lowest BCUT2D eigenvalue weighted by Gasteiger charge is -2.14. The van der Waals surface area contributed by atoms with Crippen LogP contribution in [-0.2, 0) is 9.53 Å². The monoisotopic (exact) mass is 507 g/mol. The third kappa shape index (κ3) is 5.62. The van der Waals surface area contributed by atoms with Crippen LogP contribution in [0.25, 0.3) is 6.08 Å².